The molecule has 2 aromatic rings. The van der Waals surface area contributed by atoms with E-state index in [1.165, 1.54) is 11.1 Å². The zero-order valence-corrected chi connectivity index (χ0v) is 12.0. The molecule has 0 radical (unpaired) electrons. The summed E-state index contributed by atoms with van der Waals surface area (Å²) in [6, 6.07) is 11.1. The molecule has 1 aromatic carbocycles. The molecular weight excluding hydrogens is 248 g/mol. The molecule has 1 atom stereocenters. The average molecular weight is 268 g/mol. The van der Waals surface area contributed by atoms with Crippen LogP contribution in [-0.4, -0.2) is 22.6 Å². The zero-order chi connectivity index (χ0) is 13.9. The molecule has 20 heavy (non-hydrogen) atoms. The molecule has 1 aromatic heterocycles. The van der Waals surface area contributed by atoms with Crippen molar-refractivity contribution in [2.45, 2.75) is 32.9 Å². The van der Waals surface area contributed by atoms with Crippen LogP contribution in [0.1, 0.15) is 25.0 Å². The maximum atomic E-state index is 4.61. The molecule has 1 aliphatic heterocycles. The summed E-state index contributed by atoms with van der Waals surface area (Å²) >= 11 is 0. The Balaban J connectivity index is 1.89. The lowest BCUT2D eigenvalue weighted by Crippen LogP contribution is -2.39. The lowest BCUT2D eigenvalue weighted by atomic mass is 9.95. The van der Waals surface area contributed by atoms with Crippen molar-refractivity contribution in [3.05, 3.63) is 47.7 Å². The van der Waals surface area contributed by atoms with E-state index in [0.717, 1.165) is 25.3 Å². The van der Waals surface area contributed by atoms with Crippen LogP contribution in [0.15, 0.2) is 36.5 Å². The SMILES string of the molecule is CCNc1nccc(N2Cc3ccccc3C[C@H]2C)n1. The molecule has 0 saturated heterocycles. The van der Waals surface area contributed by atoms with E-state index in [4.69, 9.17) is 0 Å². The number of aromatic nitrogens is 2. The number of anilines is 2. The molecule has 0 saturated carbocycles. The van der Waals surface area contributed by atoms with E-state index in [9.17, 15) is 0 Å². The van der Waals surface area contributed by atoms with Gasteiger partial charge in [-0.05, 0) is 37.5 Å². The van der Waals surface area contributed by atoms with Crippen molar-refractivity contribution in [3.8, 4) is 0 Å². The van der Waals surface area contributed by atoms with Crippen LogP contribution in [0.2, 0.25) is 0 Å². The summed E-state index contributed by atoms with van der Waals surface area (Å²) in [7, 11) is 0. The summed E-state index contributed by atoms with van der Waals surface area (Å²) in [4.78, 5) is 11.2. The number of fused-ring (bicyclic) bond motifs is 1. The first-order chi connectivity index (χ1) is 9.78. The second kappa shape index (κ2) is 5.49. The highest BCUT2D eigenvalue weighted by Gasteiger charge is 2.23. The number of nitrogens with one attached hydrogen (secondary N) is 1. The quantitative estimate of drug-likeness (QED) is 0.929. The van der Waals surface area contributed by atoms with Gasteiger partial charge >= 0.3 is 0 Å². The zero-order valence-electron chi connectivity index (χ0n) is 12.0. The Morgan fingerprint density at radius 2 is 2.05 bits per heavy atom. The van der Waals surface area contributed by atoms with Crippen molar-refractivity contribution >= 4 is 11.8 Å². The Labute approximate surface area is 119 Å². The molecule has 0 bridgehead atoms. The predicted molar refractivity (Wildman–Crippen MR) is 82.0 cm³/mol. The topological polar surface area (TPSA) is 41.1 Å². The van der Waals surface area contributed by atoms with Gasteiger partial charge in [-0.2, -0.15) is 4.98 Å². The van der Waals surface area contributed by atoms with Gasteiger partial charge in [0, 0.05) is 25.3 Å². The van der Waals surface area contributed by atoms with Crippen LogP contribution >= 0.6 is 0 Å². The number of nitrogens with zero attached hydrogens (tertiary/aromatic N) is 3. The smallest absolute Gasteiger partial charge is 0.224 e. The van der Waals surface area contributed by atoms with Crippen LogP contribution in [0.4, 0.5) is 11.8 Å². The Hall–Kier alpha value is -2.10. The molecule has 1 aliphatic rings. The maximum Gasteiger partial charge on any atom is 0.224 e. The van der Waals surface area contributed by atoms with E-state index < -0.39 is 0 Å². The van der Waals surface area contributed by atoms with Gasteiger partial charge in [0.05, 0.1) is 0 Å². The molecule has 0 aliphatic carbocycles. The third-order valence-electron chi connectivity index (χ3n) is 3.78. The first-order valence-corrected chi connectivity index (χ1v) is 7.18. The van der Waals surface area contributed by atoms with Gasteiger partial charge in [0.25, 0.3) is 0 Å². The third kappa shape index (κ3) is 2.46. The normalized spacial score (nSPS) is 17.7. The molecule has 0 unspecified atom stereocenters. The van der Waals surface area contributed by atoms with E-state index in [1.807, 2.05) is 12.3 Å². The molecule has 0 spiro atoms. The Morgan fingerprint density at radius 3 is 2.85 bits per heavy atom. The molecule has 0 fully saturated rings. The van der Waals surface area contributed by atoms with Crippen LogP contribution in [0.25, 0.3) is 0 Å². The van der Waals surface area contributed by atoms with Gasteiger partial charge in [-0.15, -0.1) is 0 Å². The van der Waals surface area contributed by atoms with Crippen LogP contribution in [0.3, 0.4) is 0 Å². The second-order valence-corrected chi connectivity index (χ2v) is 5.22. The fourth-order valence-corrected chi connectivity index (χ4v) is 2.74. The Bertz CT molecular complexity index is 597. The first kappa shape index (κ1) is 12.9. The third-order valence-corrected chi connectivity index (χ3v) is 3.78. The van der Waals surface area contributed by atoms with Crippen molar-refractivity contribution < 1.29 is 0 Å². The maximum absolute atomic E-state index is 4.61. The van der Waals surface area contributed by atoms with Crippen LogP contribution in [-0.2, 0) is 13.0 Å². The molecule has 2 heterocycles. The second-order valence-electron chi connectivity index (χ2n) is 5.22. The van der Waals surface area contributed by atoms with Gasteiger partial charge in [0.2, 0.25) is 5.95 Å². The monoisotopic (exact) mass is 268 g/mol. The van der Waals surface area contributed by atoms with Crippen molar-refractivity contribution in [2.75, 3.05) is 16.8 Å². The van der Waals surface area contributed by atoms with E-state index in [-0.39, 0.29) is 0 Å². The van der Waals surface area contributed by atoms with E-state index in [2.05, 4.69) is 58.3 Å². The lowest BCUT2D eigenvalue weighted by Gasteiger charge is -2.35. The molecular formula is C16H20N4. The lowest BCUT2D eigenvalue weighted by molar-refractivity contribution is 0.586. The number of rotatable bonds is 3. The molecule has 4 heteroatoms. The minimum atomic E-state index is 0.453. The molecule has 3 rings (SSSR count). The van der Waals surface area contributed by atoms with Gasteiger partial charge in [-0.3, -0.25) is 0 Å². The van der Waals surface area contributed by atoms with Gasteiger partial charge in [-0.25, -0.2) is 4.98 Å². The van der Waals surface area contributed by atoms with Gasteiger partial charge in [0.15, 0.2) is 0 Å². The van der Waals surface area contributed by atoms with Gasteiger partial charge < -0.3 is 10.2 Å². The average Bonchev–Trinajstić information content (AvgIpc) is 2.47. The molecule has 104 valence electrons. The predicted octanol–water partition coefficient (Wildman–Crippen LogP) is 2.86. The van der Waals surface area contributed by atoms with Crippen molar-refractivity contribution in [2.24, 2.45) is 0 Å². The fourth-order valence-electron chi connectivity index (χ4n) is 2.74. The molecule has 0 amide bonds. The number of hydrogen-bond donors (Lipinski definition) is 1. The molecule has 1 N–H and O–H groups in total. The van der Waals surface area contributed by atoms with Crippen LogP contribution in [0, 0.1) is 0 Å². The summed E-state index contributed by atoms with van der Waals surface area (Å²) in [6.45, 7) is 6.06. The van der Waals surface area contributed by atoms with Gasteiger partial charge in [0.1, 0.15) is 5.82 Å². The number of hydrogen-bond acceptors (Lipinski definition) is 4. The van der Waals surface area contributed by atoms with Crippen molar-refractivity contribution in [3.63, 3.8) is 0 Å². The van der Waals surface area contributed by atoms with Gasteiger partial charge in [-0.1, -0.05) is 24.3 Å². The van der Waals surface area contributed by atoms with E-state index in [1.54, 1.807) is 0 Å². The van der Waals surface area contributed by atoms with Crippen LogP contribution in [0.5, 0.6) is 0 Å². The molecule has 4 nitrogen and oxygen atoms in total. The van der Waals surface area contributed by atoms with Crippen molar-refractivity contribution in [1.29, 1.82) is 0 Å². The van der Waals surface area contributed by atoms with Crippen molar-refractivity contribution in [1.82, 2.24) is 9.97 Å². The first-order valence-electron chi connectivity index (χ1n) is 7.18. The summed E-state index contributed by atoms with van der Waals surface area (Å²) in [6.07, 6.45) is 2.89. The standard InChI is InChI=1S/C16H20N4/c1-3-17-16-18-9-8-15(19-16)20-11-14-7-5-4-6-13(14)10-12(20)2/h4-9,12H,3,10-11H2,1-2H3,(H,17,18,19)/t12-/m1/s1. The highest BCUT2D eigenvalue weighted by Crippen LogP contribution is 2.27. The summed E-state index contributed by atoms with van der Waals surface area (Å²) in [5, 5.41) is 3.17. The van der Waals surface area contributed by atoms with Crippen LogP contribution < -0.4 is 10.2 Å². The van der Waals surface area contributed by atoms with E-state index in [0.29, 0.717) is 12.0 Å². The fraction of sp³-hybridized carbons (Fsp3) is 0.375. The Morgan fingerprint density at radius 1 is 1.25 bits per heavy atom. The largest absolute Gasteiger partial charge is 0.354 e. The highest BCUT2D eigenvalue weighted by molar-refractivity contribution is 5.47. The minimum absolute atomic E-state index is 0.453. The highest BCUT2D eigenvalue weighted by atomic mass is 15.2. The summed E-state index contributed by atoms with van der Waals surface area (Å²) in [5.74, 6) is 1.70. The summed E-state index contributed by atoms with van der Waals surface area (Å²) < 4.78 is 0. The van der Waals surface area contributed by atoms with E-state index >= 15 is 0 Å². The summed E-state index contributed by atoms with van der Waals surface area (Å²) in [5.41, 5.74) is 2.85. The minimum Gasteiger partial charge on any atom is -0.354 e. The number of benzene rings is 1. The Kier molecular flexibility index (Phi) is 3.54.